The van der Waals surface area contributed by atoms with E-state index in [9.17, 15) is 14.4 Å². The number of thiophene rings is 1. The molecule has 0 atom stereocenters. The highest BCUT2D eigenvalue weighted by atomic mass is 32.2. The van der Waals surface area contributed by atoms with E-state index in [0.717, 1.165) is 22.9 Å². The highest BCUT2D eigenvalue weighted by molar-refractivity contribution is 7.99. The van der Waals surface area contributed by atoms with Crippen molar-refractivity contribution in [2.45, 2.75) is 25.9 Å². The number of Topliss-reactive ketones (excluding diaryl/α,β-unsaturated/α-hetero) is 1. The minimum Gasteiger partial charge on any atom is -0.462 e. The van der Waals surface area contributed by atoms with Gasteiger partial charge in [-0.05, 0) is 26.3 Å². The molecule has 0 spiro atoms. The van der Waals surface area contributed by atoms with Gasteiger partial charge in [0, 0.05) is 22.3 Å². The minimum atomic E-state index is -0.525. The number of aryl methyl sites for hydroxylation is 2. The topological polar surface area (TPSA) is 105 Å². The number of esters is 1. The van der Waals surface area contributed by atoms with Gasteiger partial charge in [0.05, 0.1) is 28.9 Å². The second-order valence-corrected chi connectivity index (χ2v) is 8.95. The first-order valence-corrected chi connectivity index (χ1v) is 11.9. The lowest BCUT2D eigenvalue weighted by atomic mass is 10.1. The Morgan fingerprint density at radius 2 is 1.81 bits per heavy atom. The predicted octanol–water partition coefficient (Wildman–Crippen LogP) is 4.75. The van der Waals surface area contributed by atoms with Crippen molar-refractivity contribution in [1.29, 1.82) is 0 Å². The zero-order valence-electron chi connectivity index (χ0n) is 17.8. The van der Waals surface area contributed by atoms with Crippen LogP contribution in [-0.2, 0) is 4.74 Å². The van der Waals surface area contributed by atoms with Crippen molar-refractivity contribution >= 4 is 45.1 Å². The number of aromatic nitrogens is 3. The van der Waals surface area contributed by atoms with Crippen molar-refractivity contribution in [1.82, 2.24) is 15.0 Å². The summed E-state index contributed by atoms with van der Waals surface area (Å²) in [4.78, 5) is 49.0. The molecular weight excluding hydrogens is 446 g/mol. The van der Waals surface area contributed by atoms with E-state index in [0.29, 0.717) is 32.3 Å². The molecule has 4 aromatic rings. The molecule has 4 rings (SSSR count). The number of hydrogen-bond acceptors (Lipinski definition) is 7. The van der Waals surface area contributed by atoms with Crippen LogP contribution in [0.2, 0.25) is 0 Å². The zero-order chi connectivity index (χ0) is 22.8. The van der Waals surface area contributed by atoms with Crippen molar-refractivity contribution in [2.75, 3.05) is 12.4 Å². The molecule has 3 heterocycles. The summed E-state index contributed by atoms with van der Waals surface area (Å²) in [6, 6.07) is 9.67. The van der Waals surface area contributed by atoms with Gasteiger partial charge in [0.15, 0.2) is 10.9 Å². The van der Waals surface area contributed by atoms with Crippen LogP contribution >= 0.6 is 23.1 Å². The molecular formula is C23H21N3O4S2. The molecule has 7 nitrogen and oxygen atoms in total. The molecule has 0 saturated heterocycles. The molecule has 9 heteroatoms. The largest absolute Gasteiger partial charge is 0.462 e. The first-order chi connectivity index (χ1) is 15.4. The van der Waals surface area contributed by atoms with Gasteiger partial charge in [0.2, 0.25) is 0 Å². The highest BCUT2D eigenvalue weighted by Gasteiger charge is 2.25. The fourth-order valence-electron chi connectivity index (χ4n) is 3.62. The fraction of sp³-hybridized carbons (Fsp3) is 0.217. The van der Waals surface area contributed by atoms with Crippen LogP contribution in [0.25, 0.3) is 21.3 Å². The lowest BCUT2D eigenvalue weighted by Crippen LogP contribution is -2.14. The van der Waals surface area contributed by atoms with E-state index in [4.69, 9.17) is 4.74 Å². The monoisotopic (exact) mass is 467 g/mol. The number of carbonyl (C=O) groups is 2. The van der Waals surface area contributed by atoms with Gasteiger partial charge < -0.3 is 14.7 Å². The molecule has 0 radical (unpaired) electrons. The quantitative estimate of drug-likeness (QED) is 0.176. The smallest absolute Gasteiger partial charge is 0.340 e. The summed E-state index contributed by atoms with van der Waals surface area (Å²) in [5, 5.41) is 2.82. The molecule has 164 valence electrons. The average molecular weight is 468 g/mol. The Balaban J connectivity index is 1.59. The number of aromatic amines is 2. The molecule has 0 unspecified atom stereocenters. The van der Waals surface area contributed by atoms with Gasteiger partial charge in [-0.3, -0.25) is 9.59 Å². The van der Waals surface area contributed by atoms with Crippen molar-refractivity contribution in [3.63, 3.8) is 0 Å². The third-order valence-electron chi connectivity index (χ3n) is 4.98. The van der Waals surface area contributed by atoms with Crippen LogP contribution in [0.15, 0.2) is 45.7 Å². The first kappa shape index (κ1) is 22.0. The van der Waals surface area contributed by atoms with E-state index >= 15 is 0 Å². The van der Waals surface area contributed by atoms with E-state index in [2.05, 4.69) is 15.0 Å². The second kappa shape index (κ2) is 9.13. The summed E-state index contributed by atoms with van der Waals surface area (Å²) in [6.45, 7) is 5.42. The van der Waals surface area contributed by atoms with Crippen molar-refractivity contribution in [2.24, 2.45) is 0 Å². The Bertz CT molecular complexity index is 1370. The Labute approximate surface area is 192 Å². The van der Waals surface area contributed by atoms with Crippen LogP contribution < -0.4 is 5.56 Å². The number of carbonyl (C=O) groups excluding carboxylic acids is 2. The van der Waals surface area contributed by atoms with Crippen LogP contribution in [0.3, 0.4) is 0 Å². The molecule has 2 N–H and O–H groups in total. The highest BCUT2D eigenvalue weighted by Crippen LogP contribution is 2.31. The summed E-state index contributed by atoms with van der Waals surface area (Å²) < 4.78 is 5.10. The molecule has 3 aromatic heterocycles. The lowest BCUT2D eigenvalue weighted by Gasteiger charge is -2.06. The average Bonchev–Trinajstić information content (AvgIpc) is 3.33. The molecule has 0 aliphatic carbocycles. The maximum atomic E-state index is 13.0. The molecule has 0 aliphatic heterocycles. The second-order valence-electron chi connectivity index (χ2n) is 7.12. The van der Waals surface area contributed by atoms with Crippen molar-refractivity contribution in [3.05, 3.63) is 68.6 Å². The Hall–Kier alpha value is -3.17. The van der Waals surface area contributed by atoms with E-state index in [-0.39, 0.29) is 29.3 Å². The number of ether oxygens (including phenoxy) is 1. The number of ketones is 1. The lowest BCUT2D eigenvalue weighted by molar-refractivity contribution is 0.0522. The minimum absolute atomic E-state index is 0.0237. The van der Waals surface area contributed by atoms with Crippen LogP contribution in [0.5, 0.6) is 0 Å². The number of hydrogen-bond donors (Lipinski definition) is 2. The summed E-state index contributed by atoms with van der Waals surface area (Å²) in [5.74, 6) is -0.739. The number of rotatable bonds is 7. The Morgan fingerprint density at radius 3 is 2.53 bits per heavy atom. The van der Waals surface area contributed by atoms with E-state index in [1.165, 1.54) is 11.3 Å². The van der Waals surface area contributed by atoms with E-state index in [1.807, 2.05) is 35.7 Å². The van der Waals surface area contributed by atoms with Crippen LogP contribution in [0, 0.1) is 13.8 Å². The van der Waals surface area contributed by atoms with Gasteiger partial charge in [-0.15, -0.1) is 11.3 Å². The van der Waals surface area contributed by atoms with Gasteiger partial charge in [0.1, 0.15) is 4.83 Å². The molecule has 0 fully saturated rings. The molecule has 32 heavy (non-hydrogen) atoms. The third kappa shape index (κ3) is 4.13. The summed E-state index contributed by atoms with van der Waals surface area (Å²) >= 11 is 2.52. The first-order valence-electron chi connectivity index (χ1n) is 10.00. The number of H-pyrrole nitrogens is 2. The Morgan fingerprint density at radius 1 is 1.09 bits per heavy atom. The number of benzene rings is 1. The number of thioether (sulfide) groups is 1. The van der Waals surface area contributed by atoms with Crippen LogP contribution in [0.1, 0.15) is 39.0 Å². The van der Waals surface area contributed by atoms with Crippen LogP contribution in [0.4, 0.5) is 0 Å². The fourth-order valence-corrected chi connectivity index (χ4v) is 5.36. The zero-order valence-corrected chi connectivity index (χ0v) is 19.4. The van der Waals surface area contributed by atoms with Crippen molar-refractivity contribution < 1.29 is 14.3 Å². The number of fused-ring (bicyclic) bond motifs is 1. The third-order valence-corrected chi connectivity index (χ3v) is 6.73. The normalized spacial score (nSPS) is 11.1. The van der Waals surface area contributed by atoms with E-state index in [1.54, 1.807) is 20.8 Å². The summed E-state index contributed by atoms with van der Waals surface area (Å²) in [5.41, 5.74) is 3.33. The van der Waals surface area contributed by atoms with Gasteiger partial charge >= 0.3 is 5.97 Å². The summed E-state index contributed by atoms with van der Waals surface area (Å²) in [6.07, 6.45) is 0. The maximum absolute atomic E-state index is 13.0. The predicted molar refractivity (Wildman–Crippen MR) is 127 cm³/mol. The molecule has 0 aliphatic rings. The van der Waals surface area contributed by atoms with E-state index < -0.39 is 5.97 Å². The van der Waals surface area contributed by atoms with Gasteiger partial charge in [0.25, 0.3) is 5.56 Å². The summed E-state index contributed by atoms with van der Waals surface area (Å²) in [7, 11) is 0. The Kier molecular flexibility index (Phi) is 6.29. The molecule has 1 aromatic carbocycles. The molecule has 0 amide bonds. The van der Waals surface area contributed by atoms with Gasteiger partial charge in [-0.25, -0.2) is 9.78 Å². The van der Waals surface area contributed by atoms with Crippen LogP contribution in [-0.4, -0.2) is 39.1 Å². The number of nitrogens with zero attached hydrogens (tertiary/aromatic N) is 1. The SMILES string of the molecule is CCOC(=O)c1c(C)[nH]c(C)c1C(=O)CSc1nc2scc(-c3ccccc3)c2c(=O)[nH]1. The standard InChI is InChI=1S/C23H21N3O4S2/c1-4-30-22(29)18-13(3)24-12(2)17(18)16(27)11-32-23-25-20(28)19-15(10-31-21(19)26-23)14-8-6-5-7-9-14/h5-10,24H,4,11H2,1-3H3,(H,25,26,28). The number of nitrogens with one attached hydrogen (secondary N) is 2. The van der Waals surface area contributed by atoms with Gasteiger partial charge in [-0.2, -0.15) is 0 Å². The van der Waals surface area contributed by atoms with Crippen molar-refractivity contribution in [3.8, 4) is 11.1 Å². The maximum Gasteiger partial charge on any atom is 0.340 e. The molecule has 0 bridgehead atoms. The van der Waals surface area contributed by atoms with Gasteiger partial charge in [-0.1, -0.05) is 42.1 Å². The molecule has 0 saturated carbocycles.